The molecular weight excluding hydrogens is 446 g/mol. The average molecular weight is 466 g/mol. The van der Waals surface area contributed by atoms with Gasteiger partial charge < -0.3 is 9.88 Å². The Hall–Kier alpha value is -4.21. The smallest absolute Gasteiger partial charge is 0.258 e. The van der Waals surface area contributed by atoms with Crippen LogP contribution in [0.2, 0.25) is 5.02 Å². The Morgan fingerprint density at radius 2 is 1.68 bits per heavy atom. The molecule has 2 aromatic heterocycles. The second-order valence-corrected chi connectivity index (χ2v) is 8.45. The van der Waals surface area contributed by atoms with Crippen LogP contribution in [-0.2, 0) is 13.0 Å². The van der Waals surface area contributed by atoms with Crippen LogP contribution in [0.5, 0.6) is 0 Å². The van der Waals surface area contributed by atoms with E-state index in [1.54, 1.807) is 24.3 Å². The van der Waals surface area contributed by atoms with Gasteiger partial charge in [-0.3, -0.25) is 4.79 Å². The zero-order valence-electron chi connectivity index (χ0n) is 18.4. The number of nitriles is 1. The van der Waals surface area contributed by atoms with Crippen molar-refractivity contribution in [2.75, 3.05) is 5.32 Å². The topological polar surface area (TPSA) is 83.6 Å². The summed E-state index contributed by atoms with van der Waals surface area (Å²) in [6, 6.07) is 24.8. The first kappa shape index (κ1) is 21.6. The van der Waals surface area contributed by atoms with Crippen LogP contribution in [0.25, 0.3) is 22.2 Å². The van der Waals surface area contributed by atoms with Crippen molar-refractivity contribution in [3.05, 3.63) is 100 Å². The van der Waals surface area contributed by atoms with Crippen LogP contribution in [0.15, 0.2) is 72.8 Å². The summed E-state index contributed by atoms with van der Waals surface area (Å²) in [5, 5.41) is 13.3. The highest BCUT2D eigenvalue weighted by atomic mass is 35.5. The molecule has 0 fully saturated rings. The van der Waals surface area contributed by atoms with Crippen LogP contribution in [0.3, 0.4) is 0 Å². The molecule has 0 atom stereocenters. The summed E-state index contributed by atoms with van der Waals surface area (Å²) < 4.78 is 1.86. The van der Waals surface area contributed by atoms with Gasteiger partial charge in [0.15, 0.2) is 5.65 Å². The zero-order chi connectivity index (χ0) is 23.7. The van der Waals surface area contributed by atoms with Crippen LogP contribution < -0.4 is 5.32 Å². The molecule has 7 heteroatoms. The summed E-state index contributed by atoms with van der Waals surface area (Å²) in [6.07, 6.45) is 0.693. The Labute approximate surface area is 201 Å². The number of halogens is 1. The second kappa shape index (κ2) is 8.97. The van der Waals surface area contributed by atoms with E-state index in [-0.39, 0.29) is 5.56 Å². The van der Waals surface area contributed by atoms with Gasteiger partial charge in [-0.1, -0.05) is 65.7 Å². The normalized spacial score (nSPS) is 11.0. The number of carbonyl (C=O) groups is 1. The number of benzene rings is 3. The highest BCUT2D eigenvalue weighted by Gasteiger charge is 2.23. The predicted molar refractivity (Wildman–Crippen MR) is 134 cm³/mol. The molecule has 5 rings (SSSR count). The lowest BCUT2D eigenvalue weighted by atomic mass is 10.1. The summed E-state index contributed by atoms with van der Waals surface area (Å²) in [7, 11) is 0. The van der Waals surface area contributed by atoms with Gasteiger partial charge in [-0.2, -0.15) is 5.26 Å². The van der Waals surface area contributed by atoms with Gasteiger partial charge in [0.05, 0.1) is 21.6 Å². The molecule has 0 radical (unpaired) electrons. The van der Waals surface area contributed by atoms with E-state index in [1.807, 2.05) is 35.8 Å². The van der Waals surface area contributed by atoms with Crippen molar-refractivity contribution in [3.63, 3.8) is 0 Å². The molecule has 34 heavy (non-hydrogen) atoms. The zero-order valence-corrected chi connectivity index (χ0v) is 19.2. The lowest BCUT2D eigenvalue weighted by molar-refractivity contribution is 0.102. The van der Waals surface area contributed by atoms with Gasteiger partial charge in [-0.15, -0.1) is 0 Å². The van der Waals surface area contributed by atoms with Gasteiger partial charge in [0.1, 0.15) is 23.0 Å². The molecular formula is C27H20ClN5O. The quantitative estimate of drug-likeness (QED) is 0.349. The SMILES string of the molecule is Cc1ccc(CCn2c(NC(=O)c3ccccc3Cl)c(C#N)c3nc4ccccc4nc32)cc1. The molecule has 0 aliphatic rings. The van der Waals surface area contributed by atoms with E-state index >= 15 is 0 Å². The number of aryl methyl sites for hydroxylation is 3. The van der Waals surface area contributed by atoms with E-state index in [0.29, 0.717) is 46.1 Å². The standard InChI is InChI=1S/C27H20ClN5O/c1-17-10-12-18(13-11-17)14-15-33-25(32-27(34)19-6-2-3-7-21(19)28)20(16-29)24-26(33)31-23-9-5-4-8-22(23)30-24/h2-13H,14-15H2,1H3,(H,32,34). The number of nitrogens with zero attached hydrogens (tertiary/aromatic N) is 4. The Kier molecular flexibility index (Phi) is 5.70. The van der Waals surface area contributed by atoms with E-state index in [4.69, 9.17) is 21.6 Å². The molecule has 0 aliphatic heterocycles. The maximum atomic E-state index is 13.1. The van der Waals surface area contributed by atoms with E-state index in [0.717, 1.165) is 11.1 Å². The van der Waals surface area contributed by atoms with Gasteiger partial charge in [0.2, 0.25) is 0 Å². The minimum absolute atomic E-state index is 0.276. The maximum absolute atomic E-state index is 13.1. The second-order valence-electron chi connectivity index (χ2n) is 8.04. The highest BCUT2D eigenvalue weighted by Crippen LogP contribution is 2.30. The summed E-state index contributed by atoms with van der Waals surface area (Å²) in [6.45, 7) is 2.55. The van der Waals surface area contributed by atoms with Crippen molar-refractivity contribution >= 4 is 45.5 Å². The number of amides is 1. The maximum Gasteiger partial charge on any atom is 0.258 e. The fourth-order valence-corrected chi connectivity index (χ4v) is 4.19. The minimum Gasteiger partial charge on any atom is -0.309 e. The fourth-order valence-electron chi connectivity index (χ4n) is 3.97. The summed E-state index contributed by atoms with van der Waals surface area (Å²) in [5.74, 6) is -0.0316. The van der Waals surface area contributed by atoms with Crippen LogP contribution in [-0.4, -0.2) is 20.4 Å². The monoisotopic (exact) mass is 465 g/mol. The number of para-hydroxylation sites is 2. The van der Waals surface area contributed by atoms with Crippen LogP contribution in [0, 0.1) is 18.3 Å². The van der Waals surface area contributed by atoms with Crippen LogP contribution in [0.1, 0.15) is 27.0 Å². The fraction of sp³-hybridized carbons (Fsp3) is 0.111. The van der Waals surface area contributed by atoms with Gasteiger partial charge in [-0.25, -0.2) is 9.97 Å². The lowest BCUT2D eigenvalue weighted by Gasteiger charge is -2.12. The van der Waals surface area contributed by atoms with Gasteiger partial charge >= 0.3 is 0 Å². The molecule has 0 spiro atoms. The van der Waals surface area contributed by atoms with Crippen molar-refractivity contribution in [2.24, 2.45) is 0 Å². The molecule has 1 N–H and O–H groups in total. The number of aromatic nitrogens is 3. The number of hydrogen-bond donors (Lipinski definition) is 1. The van der Waals surface area contributed by atoms with E-state index in [9.17, 15) is 10.1 Å². The van der Waals surface area contributed by atoms with Crippen molar-refractivity contribution in [2.45, 2.75) is 19.9 Å². The molecule has 0 unspecified atom stereocenters. The number of anilines is 1. The Bertz CT molecular complexity index is 1580. The Morgan fingerprint density at radius 1 is 1.00 bits per heavy atom. The molecule has 0 bridgehead atoms. The van der Waals surface area contributed by atoms with E-state index in [2.05, 4.69) is 35.7 Å². The van der Waals surface area contributed by atoms with Gasteiger partial charge in [0.25, 0.3) is 5.91 Å². The third-order valence-corrected chi connectivity index (χ3v) is 6.09. The van der Waals surface area contributed by atoms with E-state index in [1.165, 1.54) is 5.56 Å². The molecule has 1 amide bonds. The first-order chi connectivity index (χ1) is 16.5. The number of nitrogens with one attached hydrogen (secondary N) is 1. The number of hydrogen-bond acceptors (Lipinski definition) is 4. The highest BCUT2D eigenvalue weighted by molar-refractivity contribution is 6.34. The number of fused-ring (bicyclic) bond motifs is 2. The van der Waals surface area contributed by atoms with Crippen molar-refractivity contribution < 1.29 is 4.79 Å². The number of carbonyl (C=O) groups excluding carboxylic acids is 1. The largest absolute Gasteiger partial charge is 0.309 e. The molecule has 166 valence electrons. The van der Waals surface area contributed by atoms with Crippen molar-refractivity contribution in [3.8, 4) is 6.07 Å². The first-order valence-corrected chi connectivity index (χ1v) is 11.2. The van der Waals surface area contributed by atoms with E-state index < -0.39 is 5.91 Å². The number of rotatable bonds is 5. The minimum atomic E-state index is -0.397. The molecule has 3 aromatic carbocycles. The van der Waals surface area contributed by atoms with Gasteiger partial charge in [-0.05, 0) is 43.2 Å². The van der Waals surface area contributed by atoms with Crippen LogP contribution >= 0.6 is 11.6 Å². The molecule has 0 saturated heterocycles. The van der Waals surface area contributed by atoms with Crippen LogP contribution in [0.4, 0.5) is 5.82 Å². The molecule has 5 aromatic rings. The molecule has 2 heterocycles. The summed E-state index contributed by atoms with van der Waals surface area (Å²) >= 11 is 6.24. The Morgan fingerprint density at radius 3 is 2.38 bits per heavy atom. The van der Waals surface area contributed by atoms with Crippen molar-refractivity contribution in [1.82, 2.24) is 14.5 Å². The summed E-state index contributed by atoms with van der Waals surface area (Å²) in [4.78, 5) is 22.6. The summed E-state index contributed by atoms with van der Waals surface area (Å²) in [5.41, 5.74) is 5.35. The van der Waals surface area contributed by atoms with Crippen molar-refractivity contribution in [1.29, 1.82) is 5.26 Å². The predicted octanol–water partition coefficient (Wildman–Crippen LogP) is 5.91. The van der Waals surface area contributed by atoms with Gasteiger partial charge in [0, 0.05) is 6.54 Å². The third kappa shape index (κ3) is 3.98. The average Bonchev–Trinajstić information content (AvgIpc) is 3.13. The lowest BCUT2D eigenvalue weighted by Crippen LogP contribution is -2.17. The third-order valence-electron chi connectivity index (χ3n) is 5.76. The molecule has 6 nitrogen and oxygen atoms in total. The molecule has 0 aliphatic carbocycles. The first-order valence-electron chi connectivity index (χ1n) is 10.9. The molecule has 0 saturated carbocycles. The Balaban J connectivity index is 1.64.